The van der Waals surface area contributed by atoms with Crippen molar-refractivity contribution in [3.8, 4) is 0 Å². The summed E-state index contributed by atoms with van der Waals surface area (Å²) in [6.07, 6.45) is 2.06. The lowest BCUT2D eigenvalue weighted by molar-refractivity contribution is -0.138. The van der Waals surface area contributed by atoms with Crippen LogP contribution in [-0.2, 0) is 19.4 Å². The third-order valence-corrected chi connectivity index (χ3v) is 5.71. The molecule has 0 saturated carbocycles. The van der Waals surface area contributed by atoms with Crippen LogP contribution in [-0.4, -0.2) is 53.9 Å². The molecule has 7 heteroatoms. The summed E-state index contributed by atoms with van der Waals surface area (Å²) < 4.78 is 24.0. The summed E-state index contributed by atoms with van der Waals surface area (Å²) in [5, 5.41) is 7.69. The highest BCUT2D eigenvalue weighted by molar-refractivity contribution is 7.92. The van der Waals surface area contributed by atoms with E-state index in [1.807, 2.05) is 13.8 Å². The number of carbonyl (C=O) groups is 2. The fourth-order valence-electron chi connectivity index (χ4n) is 2.44. The molecule has 1 amide bonds. The fraction of sp³-hybridized carbons (Fsp3) is 0.846. The molecule has 6 nitrogen and oxygen atoms in total. The minimum atomic E-state index is -3.35. The molecule has 0 aromatic heterocycles. The molecule has 0 aromatic rings. The molecule has 1 atom stereocenters. The minimum Gasteiger partial charge on any atom is -0.481 e. The first-order chi connectivity index (χ1) is 9.25. The van der Waals surface area contributed by atoms with Gasteiger partial charge in [-0.1, -0.05) is 6.42 Å². The van der Waals surface area contributed by atoms with E-state index in [2.05, 4.69) is 0 Å². The largest absolute Gasteiger partial charge is 0.481 e. The third kappa shape index (κ3) is 4.47. The number of aliphatic carboxylic acids is 1. The van der Waals surface area contributed by atoms with Crippen molar-refractivity contribution in [1.29, 1.82) is 0 Å². The van der Waals surface area contributed by atoms with Gasteiger partial charge in [0, 0.05) is 19.0 Å². The summed E-state index contributed by atoms with van der Waals surface area (Å²) in [4.78, 5) is 24.5. The van der Waals surface area contributed by atoms with E-state index in [1.165, 1.54) is 4.90 Å². The molecule has 1 aliphatic heterocycles. The lowest BCUT2D eigenvalue weighted by Crippen LogP contribution is -2.48. The highest BCUT2D eigenvalue weighted by atomic mass is 32.2. The second-order valence-electron chi connectivity index (χ2n) is 5.47. The Morgan fingerprint density at radius 3 is 2.45 bits per heavy atom. The Kier molecular flexibility index (Phi) is 5.98. The van der Waals surface area contributed by atoms with E-state index in [9.17, 15) is 18.0 Å². The van der Waals surface area contributed by atoms with Gasteiger partial charge in [0.2, 0.25) is 5.91 Å². The first-order valence-electron chi connectivity index (χ1n) is 6.99. The smallest absolute Gasteiger partial charge is 0.303 e. The molecule has 20 heavy (non-hydrogen) atoms. The number of carboxylic acids is 1. The SMILES string of the molecule is CC(C)N(CCCC(=O)O)C(=O)C1CCCCS1(=O)=O. The summed E-state index contributed by atoms with van der Waals surface area (Å²) in [6, 6.07) is -0.131. The molecule has 1 unspecified atom stereocenters. The average Bonchev–Trinajstić information content (AvgIpc) is 2.32. The van der Waals surface area contributed by atoms with Crippen LogP contribution in [0.3, 0.4) is 0 Å². The summed E-state index contributed by atoms with van der Waals surface area (Å²) in [5.41, 5.74) is 0. The Morgan fingerprint density at radius 1 is 1.30 bits per heavy atom. The molecular weight excluding hydrogens is 282 g/mol. The van der Waals surface area contributed by atoms with Gasteiger partial charge in [0.05, 0.1) is 5.75 Å². The predicted molar refractivity (Wildman–Crippen MR) is 75.1 cm³/mol. The zero-order valence-corrected chi connectivity index (χ0v) is 12.9. The molecule has 1 aliphatic rings. The Labute approximate surface area is 120 Å². The topological polar surface area (TPSA) is 91.8 Å². The van der Waals surface area contributed by atoms with E-state index in [4.69, 9.17) is 5.11 Å². The molecule has 116 valence electrons. The minimum absolute atomic E-state index is 0.0199. The Balaban J connectivity index is 2.75. The molecule has 0 bridgehead atoms. The fourth-order valence-corrected chi connectivity index (χ4v) is 4.30. The van der Waals surface area contributed by atoms with Crippen LogP contribution < -0.4 is 0 Å². The normalized spacial score (nSPS) is 21.6. The van der Waals surface area contributed by atoms with Crippen LogP contribution in [0.25, 0.3) is 0 Å². The van der Waals surface area contributed by atoms with Gasteiger partial charge in [-0.15, -0.1) is 0 Å². The molecule has 0 aromatic carbocycles. The molecule has 0 radical (unpaired) electrons. The number of carbonyl (C=O) groups excluding carboxylic acids is 1. The maximum absolute atomic E-state index is 12.4. The van der Waals surface area contributed by atoms with E-state index in [-0.39, 0.29) is 30.7 Å². The summed E-state index contributed by atoms with van der Waals surface area (Å²) in [7, 11) is -3.35. The van der Waals surface area contributed by atoms with Gasteiger partial charge in [0.25, 0.3) is 0 Å². The highest BCUT2D eigenvalue weighted by Crippen LogP contribution is 2.22. The molecule has 1 fully saturated rings. The summed E-state index contributed by atoms with van der Waals surface area (Å²) in [6.45, 7) is 3.91. The Hall–Kier alpha value is -1.11. The molecular formula is C13H23NO5S. The standard InChI is InChI=1S/C13H23NO5S/c1-10(2)14(8-5-7-12(15)16)13(17)11-6-3-4-9-20(11,18)19/h10-11H,3-9H2,1-2H3,(H,15,16). The van der Waals surface area contributed by atoms with Crippen molar-refractivity contribution in [2.45, 2.75) is 57.2 Å². The van der Waals surface area contributed by atoms with Crippen molar-refractivity contribution < 1.29 is 23.1 Å². The van der Waals surface area contributed by atoms with Crippen molar-refractivity contribution in [1.82, 2.24) is 4.90 Å². The van der Waals surface area contributed by atoms with E-state index < -0.39 is 21.1 Å². The van der Waals surface area contributed by atoms with Gasteiger partial charge in [-0.05, 0) is 33.1 Å². The molecule has 1 heterocycles. The maximum Gasteiger partial charge on any atom is 0.303 e. The Bertz CT molecular complexity index is 457. The average molecular weight is 305 g/mol. The number of rotatable bonds is 6. The molecule has 0 aliphatic carbocycles. The molecule has 1 saturated heterocycles. The zero-order chi connectivity index (χ0) is 15.3. The van der Waals surface area contributed by atoms with Crippen LogP contribution in [0.1, 0.15) is 46.0 Å². The number of amides is 1. The number of nitrogens with zero attached hydrogens (tertiary/aromatic N) is 1. The van der Waals surface area contributed by atoms with Crippen molar-refractivity contribution in [2.24, 2.45) is 0 Å². The number of hydrogen-bond acceptors (Lipinski definition) is 4. The quantitative estimate of drug-likeness (QED) is 0.792. The van der Waals surface area contributed by atoms with Gasteiger partial charge in [-0.25, -0.2) is 8.42 Å². The van der Waals surface area contributed by atoms with Crippen LogP contribution in [0.2, 0.25) is 0 Å². The van der Waals surface area contributed by atoms with Gasteiger partial charge in [-0.2, -0.15) is 0 Å². The van der Waals surface area contributed by atoms with E-state index in [0.717, 1.165) is 6.42 Å². The van der Waals surface area contributed by atoms with Crippen LogP contribution in [0.4, 0.5) is 0 Å². The van der Waals surface area contributed by atoms with Gasteiger partial charge in [0.1, 0.15) is 5.25 Å². The van der Waals surface area contributed by atoms with Crippen LogP contribution in [0.5, 0.6) is 0 Å². The third-order valence-electron chi connectivity index (χ3n) is 3.55. The Morgan fingerprint density at radius 2 is 1.95 bits per heavy atom. The number of sulfone groups is 1. The van der Waals surface area contributed by atoms with Crippen molar-refractivity contribution in [3.63, 3.8) is 0 Å². The van der Waals surface area contributed by atoms with E-state index >= 15 is 0 Å². The maximum atomic E-state index is 12.4. The van der Waals surface area contributed by atoms with Crippen molar-refractivity contribution in [2.75, 3.05) is 12.3 Å². The van der Waals surface area contributed by atoms with Gasteiger partial charge >= 0.3 is 5.97 Å². The molecule has 1 N–H and O–H groups in total. The summed E-state index contributed by atoms with van der Waals surface area (Å²) in [5.74, 6) is -1.21. The first kappa shape index (κ1) is 16.9. The lowest BCUT2D eigenvalue weighted by atomic mass is 10.1. The first-order valence-corrected chi connectivity index (χ1v) is 8.71. The van der Waals surface area contributed by atoms with Crippen molar-refractivity contribution >= 4 is 21.7 Å². The van der Waals surface area contributed by atoms with Crippen LogP contribution in [0, 0.1) is 0 Å². The monoisotopic (exact) mass is 305 g/mol. The predicted octanol–water partition coefficient (Wildman–Crippen LogP) is 1.06. The van der Waals surface area contributed by atoms with E-state index in [1.54, 1.807) is 0 Å². The zero-order valence-electron chi connectivity index (χ0n) is 12.0. The second-order valence-corrected chi connectivity index (χ2v) is 7.78. The van der Waals surface area contributed by atoms with E-state index in [0.29, 0.717) is 19.3 Å². The van der Waals surface area contributed by atoms with Crippen molar-refractivity contribution in [3.05, 3.63) is 0 Å². The van der Waals surface area contributed by atoms with Gasteiger partial charge < -0.3 is 10.0 Å². The lowest BCUT2D eigenvalue weighted by Gasteiger charge is -2.32. The second kappa shape index (κ2) is 7.06. The van der Waals surface area contributed by atoms with Gasteiger partial charge in [-0.3, -0.25) is 9.59 Å². The van der Waals surface area contributed by atoms with Crippen LogP contribution in [0.15, 0.2) is 0 Å². The van der Waals surface area contributed by atoms with Crippen LogP contribution >= 0.6 is 0 Å². The number of carboxylic acid groups (broad SMARTS) is 1. The summed E-state index contributed by atoms with van der Waals surface area (Å²) >= 11 is 0. The molecule has 1 rings (SSSR count). The molecule has 0 spiro atoms. The number of hydrogen-bond donors (Lipinski definition) is 1. The van der Waals surface area contributed by atoms with Gasteiger partial charge in [0.15, 0.2) is 9.84 Å². The highest BCUT2D eigenvalue weighted by Gasteiger charge is 2.37.